The van der Waals surface area contributed by atoms with E-state index in [4.69, 9.17) is 5.21 Å². The van der Waals surface area contributed by atoms with Crippen LogP contribution in [0.25, 0.3) is 0 Å². The van der Waals surface area contributed by atoms with Gasteiger partial charge in [-0.2, -0.15) is 0 Å². The molecule has 0 unspecified atom stereocenters. The third-order valence-electron chi connectivity index (χ3n) is 2.34. The highest BCUT2D eigenvalue weighted by Crippen LogP contribution is 2.15. The fourth-order valence-corrected chi connectivity index (χ4v) is 1.70. The Morgan fingerprint density at radius 2 is 2.05 bits per heavy atom. The van der Waals surface area contributed by atoms with E-state index in [0.29, 0.717) is 4.47 Å². The Kier molecular flexibility index (Phi) is 5.40. The van der Waals surface area contributed by atoms with Gasteiger partial charge in [0.05, 0.1) is 11.7 Å². The molecule has 0 aliphatic heterocycles. The van der Waals surface area contributed by atoms with Crippen LogP contribution >= 0.6 is 15.9 Å². The molecule has 0 saturated carbocycles. The van der Waals surface area contributed by atoms with Gasteiger partial charge in [-0.25, -0.2) is 9.87 Å². The Morgan fingerprint density at radius 1 is 1.42 bits per heavy atom. The lowest BCUT2D eigenvalue weighted by molar-refractivity contribution is -0.133. The molecule has 1 aromatic carbocycles. The predicted molar refractivity (Wildman–Crippen MR) is 67.0 cm³/mol. The number of aliphatic hydroxyl groups is 1. The first-order valence-corrected chi connectivity index (χ1v) is 6.04. The molecule has 2 amide bonds. The lowest BCUT2D eigenvalue weighted by atomic mass is 10.1. The van der Waals surface area contributed by atoms with Crippen molar-refractivity contribution in [2.75, 3.05) is 0 Å². The maximum atomic E-state index is 13.5. The van der Waals surface area contributed by atoms with Crippen molar-refractivity contribution in [1.82, 2.24) is 10.8 Å². The highest BCUT2D eigenvalue weighted by molar-refractivity contribution is 9.10. The minimum Gasteiger partial charge on any atom is -0.391 e. The third kappa shape index (κ3) is 3.98. The van der Waals surface area contributed by atoms with Gasteiger partial charge in [0.25, 0.3) is 11.8 Å². The molecule has 0 radical (unpaired) electrons. The predicted octanol–water partition coefficient (Wildman–Crippen LogP) is 0.573. The van der Waals surface area contributed by atoms with E-state index < -0.39 is 29.8 Å². The van der Waals surface area contributed by atoms with Crippen molar-refractivity contribution in [1.29, 1.82) is 0 Å². The van der Waals surface area contributed by atoms with Crippen LogP contribution in [0.15, 0.2) is 22.7 Å². The van der Waals surface area contributed by atoms with Crippen LogP contribution in [0.5, 0.6) is 0 Å². The number of aliphatic hydroxyl groups excluding tert-OH is 1. The fraction of sp³-hybridized carbons (Fsp3) is 0.273. The fourth-order valence-electron chi connectivity index (χ4n) is 1.37. The molecule has 0 aliphatic carbocycles. The number of hydrogen-bond acceptors (Lipinski definition) is 4. The largest absolute Gasteiger partial charge is 0.391 e. The lowest BCUT2D eigenvalue weighted by Crippen LogP contribution is -2.51. The second-order valence-electron chi connectivity index (χ2n) is 3.79. The topological polar surface area (TPSA) is 98.7 Å². The normalized spacial score (nSPS) is 13.5. The van der Waals surface area contributed by atoms with Gasteiger partial charge in [-0.1, -0.05) is 15.9 Å². The molecule has 8 heteroatoms. The minimum absolute atomic E-state index is 0.278. The van der Waals surface area contributed by atoms with E-state index >= 15 is 0 Å². The first-order valence-electron chi connectivity index (χ1n) is 5.24. The van der Waals surface area contributed by atoms with Gasteiger partial charge in [-0.05, 0) is 25.1 Å². The van der Waals surface area contributed by atoms with E-state index in [0.717, 1.165) is 6.07 Å². The zero-order chi connectivity index (χ0) is 14.6. The van der Waals surface area contributed by atoms with E-state index in [1.54, 1.807) is 0 Å². The molecule has 0 fully saturated rings. The summed E-state index contributed by atoms with van der Waals surface area (Å²) >= 11 is 3.05. The molecule has 0 spiro atoms. The SMILES string of the molecule is C[C@@H](O)[C@H](NC(=O)c1ccc(Br)cc1F)C(=O)NO. The average Bonchev–Trinajstić information content (AvgIpc) is 2.34. The Morgan fingerprint density at radius 3 is 2.53 bits per heavy atom. The van der Waals surface area contributed by atoms with Crippen molar-refractivity contribution in [2.45, 2.75) is 19.1 Å². The molecule has 0 aromatic heterocycles. The zero-order valence-electron chi connectivity index (χ0n) is 9.85. The van der Waals surface area contributed by atoms with Gasteiger partial charge in [0.2, 0.25) is 0 Å². The van der Waals surface area contributed by atoms with Crippen molar-refractivity contribution in [3.63, 3.8) is 0 Å². The number of carbonyl (C=O) groups excluding carboxylic acids is 2. The summed E-state index contributed by atoms with van der Waals surface area (Å²) in [5, 5.41) is 19.9. The monoisotopic (exact) mass is 334 g/mol. The second-order valence-corrected chi connectivity index (χ2v) is 4.71. The number of halogens is 2. The summed E-state index contributed by atoms with van der Waals surface area (Å²) in [5.74, 6) is -2.65. The van der Waals surface area contributed by atoms with Gasteiger partial charge in [-0.3, -0.25) is 14.8 Å². The number of hydrogen-bond donors (Lipinski definition) is 4. The third-order valence-corrected chi connectivity index (χ3v) is 2.83. The van der Waals surface area contributed by atoms with Gasteiger partial charge in [0, 0.05) is 4.47 Å². The number of rotatable bonds is 4. The highest BCUT2D eigenvalue weighted by atomic mass is 79.9. The molecule has 0 bridgehead atoms. The Labute approximate surface area is 116 Å². The molecule has 0 saturated heterocycles. The van der Waals surface area contributed by atoms with Gasteiger partial charge in [0.15, 0.2) is 0 Å². The second kappa shape index (κ2) is 6.60. The summed E-state index contributed by atoms with van der Waals surface area (Å²) in [7, 11) is 0. The molecule has 1 aromatic rings. The molecule has 0 heterocycles. The Bertz CT molecular complexity index is 496. The summed E-state index contributed by atoms with van der Waals surface area (Å²) in [6.45, 7) is 1.25. The smallest absolute Gasteiger partial charge is 0.268 e. The van der Waals surface area contributed by atoms with Crippen LogP contribution in [0.1, 0.15) is 17.3 Å². The maximum Gasteiger partial charge on any atom is 0.268 e. The van der Waals surface area contributed by atoms with E-state index in [9.17, 15) is 19.1 Å². The molecular weight excluding hydrogens is 323 g/mol. The van der Waals surface area contributed by atoms with Crippen LogP contribution in [-0.2, 0) is 4.79 Å². The van der Waals surface area contributed by atoms with Crippen LogP contribution in [0.3, 0.4) is 0 Å². The summed E-state index contributed by atoms with van der Waals surface area (Å²) in [4.78, 5) is 23.0. The molecule has 19 heavy (non-hydrogen) atoms. The summed E-state index contributed by atoms with van der Waals surface area (Å²) < 4.78 is 14.0. The molecular formula is C11H12BrFN2O4. The molecule has 1 rings (SSSR count). The van der Waals surface area contributed by atoms with E-state index in [-0.39, 0.29) is 5.56 Å². The highest BCUT2D eigenvalue weighted by Gasteiger charge is 2.26. The molecule has 104 valence electrons. The van der Waals surface area contributed by atoms with Crippen molar-refractivity contribution in [3.05, 3.63) is 34.1 Å². The molecule has 4 N–H and O–H groups in total. The first-order chi connectivity index (χ1) is 8.86. The Balaban J connectivity index is 2.91. The molecule has 6 nitrogen and oxygen atoms in total. The minimum atomic E-state index is -1.39. The number of benzene rings is 1. The molecule has 2 atom stereocenters. The summed E-state index contributed by atoms with van der Waals surface area (Å²) in [5.41, 5.74) is 1.03. The lowest BCUT2D eigenvalue weighted by Gasteiger charge is -2.19. The van der Waals surface area contributed by atoms with Crippen molar-refractivity contribution in [3.8, 4) is 0 Å². The summed E-state index contributed by atoms with van der Waals surface area (Å²) in [6, 6.07) is 2.39. The first kappa shape index (κ1) is 15.5. The van der Waals surface area contributed by atoms with Crippen LogP contribution in [-0.4, -0.2) is 34.3 Å². The van der Waals surface area contributed by atoms with Crippen LogP contribution < -0.4 is 10.8 Å². The van der Waals surface area contributed by atoms with Crippen LogP contribution in [0.4, 0.5) is 4.39 Å². The van der Waals surface area contributed by atoms with Gasteiger partial charge >= 0.3 is 0 Å². The van der Waals surface area contributed by atoms with Gasteiger partial charge in [0.1, 0.15) is 11.9 Å². The quantitative estimate of drug-likeness (QED) is 0.478. The van der Waals surface area contributed by atoms with Crippen molar-refractivity contribution < 1.29 is 24.3 Å². The van der Waals surface area contributed by atoms with E-state index in [1.165, 1.54) is 24.5 Å². The number of amides is 2. The number of carbonyl (C=O) groups is 2. The van der Waals surface area contributed by atoms with Crippen molar-refractivity contribution in [2.24, 2.45) is 0 Å². The van der Waals surface area contributed by atoms with Crippen molar-refractivity contribution >= 4 is 27.7 Å². The Hall–Kier alpha value is -1.51. The number of hydroxylamine groups is 1. The molecule has 0 aliphatic rings. The van der Waals surface area contributed by atoms with E-state index in [1.807, 2.05) is 0 Å². The average molecular weight is 335 g/mol. The standard InChI is InChI=1S/C11H12BrFN2O4/c1-5(16)9(11(18)15-19)14-10(17)7-3-2-6(12)4-8(7)13/h2-5,9,16,19H,1H3,(H,14,17)(H,15,18)/t5-,9+/m1/s1. The van der Waals surface area contributed by atoms with E-state index in [2.05, 4.69) is 21.2 Å². The van der Waals surface area contributed by atoms with Crippen LogP contribution in [0.2, 0.25) is 0 Å². The zero-order valence-corrected chi connectivity index (χ0v) is 11.4. The maximum absolute atomic E-state index is 13.5. The van der Waals surface area contributed by atoms with Gasteiger partial charge < -0.3 is 10.4 Å². The number of nitrogens with one attached hydrogen (secondary N) is 2. The summed E-state index contributed by atoms with van der Waals surface area (Å²) in [6.07, 6.45) is -1.25. The van der Waals surface area contributed by atoms with Gasteiger partial charge in [-0.15, -0.1) is 0 Å². The van der Waals surface area contributed by atoms with Crippen LogP contribution in [0, 0.1) is 5.82 Å².